The van der Waals surface area contributed by atoms with Crippen molar-refractivity contribution in [3.8, 4) is 0 Å². The molecule has 0 bridgehead atoms. The monoisotopic (exact) mass is 428 g/mol. The molecule has 162 valence electrons. The van der Waals surface area contributed by atoms with E-state index in [2.05, 4.69) is 37.7 Å². The minimum Gasteiger partial charge on any atom is -0.355 e. The van der Waals surface area contributed by atoms with E-state index in [-0.39, 0.29) is 10.8 Å². The molecule has 5 nitrogen and oxygen atoms in total. The molecule has 0 aliphatic heterocycles. The molecule has 0 atom stereocenters. The summed E-state index contributed by atoms with van der Waals surface area (Å²) in [6.45, 7) is 9.10. The molecule has 0 saturated heterocycles. The smallest absolute Gasteiger partial charge is 0.261 e. The average molecular weight is 429 g/mol. The Bertz CT molecular complexity index is 974. The zero-order chi connectivity index (χ0) is 21.9. The number of rotatable bonds is 9. The van der Waals surface area contributed by atoms with Crippen LogP contribution >= 0.6 is 0 Å². The molecule has 2 aromatic carbocycles. The number of anilines is 1. The van der Waals surface area contributed by atoms with E-state index in [1.54, 1.807) is 24.3 Å². The number of nitrogens with one attached hydrogen (secondary N) is 2. The van der Waals surface area contributed by atoms with Crippen LogP contribution in [0.15, 0.2) is 53.4 Å². The van der Waals surface area contributed by atoms with E-state index >= 15 is 0 Å². The van der Waals surface area contributed by atoms with Gasteiger partial charge in [-0.05, 0) is 66.5 Å². The fourth-order valence-corrected chi connectivity index (χ4v) is 4.58. The molecule has 0 heterocycles. The number of hydrogen-bond donors (Lipinski definition) is 2. The standard InChI is InChI=1S/C24H32N2O3S/c1-17(2)13-16-25-23(27)24(14-15-24)20-7-9-21(10-8-20)26-30(28,29)22-11-5-19(6-12-22)18(3)4/h5-12,17-18,26H,13-16H2,1-4H3,(H,25,27). The van der Waals surface area contributed by atoms with Crippen LogP contribution in [0.5, 0.6) is 0 Å². The zero-order valence-electron chi connectivity index (χ0n) is 18.2. The Kier molecular flexibility index (Phi) is 6.56. The van der Waals surface area contributed by atoms with Crippen LogP contribution in [0, 0.1) is 5.92 Å². The molecule has 30 heavy (non-hydrogen) atoms. The lowest BCUT2D eigenvalue weighted by Gasteiger charge is -2.17. The van der Waals surface area contributed by atoms with Crippen molar-refractivity contribution in [1.82, 2.24) is 5.32 Å². The van der Waals surface area contributed by atoms with Crippen LogP contribution in [0.1, 0.15) is 64.0 Å². The number of sulfonamides is 1. The first kappa shape index (κ1) is 22.3. The van der Waals surface area contributed by atoms with Gasteiger partial charge in [0.1, 0.15) is 0 Å². The second-order valence-corrected chi connectivity index (χ2v) is 10.6. The molecular formula is C24H32N2O3S. The molecule has 3 rings (SSSR count). The van der Waals surface area contributed by atoms with Crippen LogP contribution in [0.2, 0.25) is 0 Å². The molecule has 1 amide bonds. The van der Waals surface area contributed by atoms with Gasteiger partial charge in [0.15, 0.2) is 0 Å². The van der Waals surface area contributed by atoms with Gasteiger partial charge in [0.25, 0.3) is 10.0 Å². The third-order valence-corrected chi connectivity index (χ3v) is 7.14. The van der Waals surface area contributed by atoms with Crippen molar-refractivity contribution >= 4 is 21.6 Å². The SMILES string of the molecule is CC(C)CCNC(=O)C1(c2ccc(NS(=O)(=O)c3ccc(C(C)C)cc3)cc2)CC1. The maximum Gasteiger partial charge on any atom is 0.261 e. The normalized spacial score (nSPS) is 15.3. The Morgan fingerprint density at radius 3 is 2.07 bits per heavy atom. The number of carbonyl (C=O) groups excluding carboxylic acids is 1. The van der Waals surface area contributed by atoms with E-state index in [1.165, 1.54) is 0 Å². The highest BCUT2D eigenvalue weighted by Gasteiger charge is 2.51. The van der Waals surface area contributed by atoms with Crippen molar-refractivity contribution in [1.29, 1.82) is 0 Å². The minimum absolute atomic E-state index is 0.0710. The molecule has 1 saturated carbocycles. The van der Waals surface area contributed by atoms with Crippen LogP contribution in [-0.4, -0.2) is 20.9 Å². The third kappa shape index (κ3) is 5.04. The summed E-state index contributed by atoms with van der Waals surface area (Å²) in [7, 11) is -3.65. The van der Waals surface area contributed by atoms with Gasteiger partial charge >= 0.3 is 0 Å². The summed E-state index contributed by atoms with van der Waals surface area (Å²) in [5.41, 5.74) is 2.07. The Morgan fingerprint density at radius 1 is 0.967 bits per heavy atom. The van der Waals surface area contributed by atoms with Crippen molar-refractivity contribution in [3.63, 3.8) is 0 Å². The highest BCUT2D eigenvalue weighted by atomic mass is 32.2. The number of benzene rings is 2. The van der Waals surface area contributed by atoms with E-state index < -0.39 is 15.4 Å². The Hall–Kier alpha value is -2.34. The van der Waals surface area contributed by atoms with Crippen LogP contribution < -0.4 is 10.0 Å². The van der Waals surface area contributed by atoms with Gasteiger partial charge in [0.2, 0.25) is 5.91 Å². The zero-order valence-corrected chi connectivity index (χ0v) is 19.1. The van der Waals surface area contributed by atoms with Gasteiger partial charge in [-0.1, -0.05) is 52.0 Å². The molecule has 0 spiro atoms. The maximum absolute atomic E-state index is 12.7. The Labute approximate surface area is 180 Å². The lowest BCUT2D eigenvalue weighted by atomic mass is 9.94. The summed E-state index contributed by atoms with van der Waals surface area (Å²) in [5, 5.41) is 3.05. The lowest BCUT2D eigenvalue weighted by Crippen LogP contribution is -2.35. The fraction of sp³-hybridized carbons (Fsp3) is 0.458. The average Bonchev–Trinajstić information content (AvgIpc) is 3.50. The molecule has 6 heteroatoms. The number of hydrogen-bond acceptors (Lipinski definition) is 3. The van der Waals surface area contributed by atoms with Crippen molar-refractivity contribution < 1.29 is 13.2 Å². The highest BCUT2D eigenvalue weighted by molar-refractivity contribution is 7.92. The molecule has 0 radical (unpaired) electrons. The van der Waals surface area contributed by atoms with E-state index in [1.807, 2.05) is 24.3 Å². The molecule has 0 unspecified atom stereocenters. The quantitative estimate of drug-likeness (QED) is 0.602. The van der Waals surface area contributed by atoms with Crippen LogP contribution in [-0.2, 0) is 20.2 Å². The van der Waals surface area contributed by atoms with Gasteiger partial charge in [0, 0.05) is 12.2 Å². The molecule has 2 N–H and O–H groups in total. The van der Waals surface area contributed by atoms with Crippen molar-refractivity contribution in [2.75, 3.05) is 11.3 Å². The Balaban J connectivity index is 1.67. The van der Waals surface area contributed by atoms with Gasteiger partial charge in [0.05, 0.1) is 10.3 Å². The molecule has 0 aromatic heterocycles. The minimum atomic E-state index is -3.65. The third-order valence-electron chi connectivity index (χ3n) is 5.74. The lowest BCUT2D eigenvalue weighted by molar-refractivity contribution is -0.123. The van der Waals surface area contributed by atoms with Crippen molar-refractivity contribution in [2.24, 2.45) is 5.92 Å². The first-order valence-electron chi connectivity index (χ1n) is 10.7. The van der Waals surface area contributed by atoms with E-state index in [0.717, 1.165) is 30.4 Å². The molecule has 1 aliphatic rings. The first-order chi connectivity index (χ1) is 14.1. The van der Waals surface area contributed by atoms with Gasteiger partial charge in [-0.2, -0.15) is 0 Å². The second-order valence-electron chi connectivity index (χ2n) is 8.93. The van der Waals surface area contributed by atoms with Gasteiger partial charge in [-0.3, -0.25) is 9.52 Å². The largest absolute Gasteiger partial charge is 0.355 e. The summed E-state index contributed by atoms with van der Waals surface area (Å²) < 4.78 is 28.0. The van der Waals surface area contributed by atoms with Crippen LogP contribution in [0.25, 0.3) is 0 Å². The summed E-state index contributed by atoms with van der Waals surface area (Å²) in [6, 6.07) is 14.1. The van der Waals surface area contributed by atoms with E-state index in [4.69, 9.17) is 0 Å². The summed E-state index contributed by atoms with van der Waals surface area (Å²) >= 11 is 0. The fourth-order valence-electron chi connectivity index (χ4n) is 3.52. The van der Waals surface area contributed by atoms with Crippen molar-refractivity contribution in [2.45, 2.75) is 63.2 Å². The van der Waals surface area contributed by atoms with Crippen LogP contribution in [0.4, 0.5) is 5.69 Å². The summed E-state index contributed by atoms with van der Waals surface area (Å²) in [6.07, 6.45) is 2.61. The number of amides is 1. The predicted octanol–water partition coefficient (Wildman–Crippen LogP) is 4.80. The molecule has 2 aromatic rings. The maximum atomic E-state index is 12.7. The molecular weight excluding hydrogens is 396 g/mol. The molecule has 1 aliphatic carbocycles. The number of carbonyl (C=O) groups is 1. The summed E-state index contributed by atoms with van der Waals surface area (Å²) in [4.78, 5) is 12.9. The van der Waals surface area contributed by atoms with Gasteiger partial charge in [-0.25, -0.2) is 8.42 Å². The second kappa shape index (κ2) is 8.80. The topological polar surface area (TPSA) is 75.3 Å². The Morgan fingerprint density at radius 2 is 1.57 bits per heavy atom. The highest BCUT2D eigenvalue weighted by Crippen LogP contribution is 2.48. The summed E-state index contributed by atoms with van der Waals surface area (Å²) in [5.74, 6) is 0.968. The van der Waals surface area contributed by atoms with Crippen LogP contribution in [0.3, 0.4) is 0 Å². The first-order valence-corrected chi connectivity index (χ1v) is 12.1. The van der Waals surface area contributed by atoms with E-state index in [9.17, 15) is 13.2 Å². The molecule has 1 fully saturated rings. The van der Waals surface area contributed by atoms with Crippen molar-refractivity contribution in [3.05, 3.63) is 59.7 Å². The van der Waals surface area contributed by atoms with Gasteiger partial charge in [-0.15, -0.1) is 0 Å². The predicted molar refractivity (Wildman–Crippen MR) is 121 cm³/mol. The van der Waals surface area contributed by atoms with E-state index in [0.29, 0.717) is 24.1 Å². The van der Waals surface area contributed by atoms with Gasteiger partial charge < -0.3 is 5.32 Å².